The Hall–Kier alpha value is -0.980. The molecule has 0 aromatic carbocycles. The van der Waals surface area contributed by atoms with Crippen LogP contribution in [0.5, 0.6) is 0 Å². The summed E-state index contributed by atoms with van der Waals surface area (Å²) in [6.45, 7) is 5.18. The molecule has 1 fully saturated rings. The first-order chi connectivity index (χ1) is 9.58. The average Bonchev–Trinajstić information content (AvgIpc) is 3.05. The SMILES string of the molecule is CC1(CN)CCN(CC(=O)Nc2nc3c(s2)CCC3)C1. The normalized spacial score (nSPS) is 25.9. The van der Waals surface area contributed by atoms with Crippen molar-refractivity contribution < 1.29 is 4.79 Å². The lowest BCUT2D eigenvalue weighted by Crippen LogP contribution is -2.35. The van der Waals surface area contributed by atoms with Gasteiger partial charge in [-0.25, -0.2) is 4.98 Å². The molecule has 5 nitrogen and oxygen atoms in total. The van der Waals surface area contributed by atoms with Gasteiger partial charge in [-0.05, 0) is 44.2 Å². The van der Waals surface area contributed by atoms with E-state index in [2.05, 4.69) is 22.1 Å². The average molecular weight is 294 g/mol. The molecule has 1 aromatic heterocycles. The Morgan fingerprint density at radius 1 is 1.55 bits per heavy atom. The van der Waals surface area contributed by atoms with Gasteiger partial charge in [0.2, 0.25) is 5.91 Å². The number of thiazole rings is 1. The van der Waals surface area contributed by atoms with E-state index in [1.165, 1.54) is 17.0 Å². The number of likely N-dealkylation sites (tertiary alicyclic amines) is 1. The van der Waals surface area contributed by atoms with Crippen LogP contribution >= 0.6 is 11.3 Å². The van der Waals surface area contributed by atoms with E-state index in [4.69, 9.17) is 5.73 Å². The van der Waals surface area contributed by atoms with Crippen LogP contribution in [0.25, 0.3) is 0 Å². The third kappa shape index (κ3) is 2.87. The highest BCUT2D eigenvalue weighted by molar-refractivity contribution is 7.15. The highest BCUT2D eigenvalue weighted by atomic mass is 32.1. The fourth-order valence-electron chi connectivity index (χ4n) is 3.03. The number of nitrogens with two attached hydrogens (primary N) is 1. The van der Waals surface area contributed by atoms with Gasteiger partial charge in [0.1, 0.15) is 0 Å². The molecule has 1 unspecified atom stereocenters. The van der Waals surface area contributed by atoms with E-state index in [1.54, 1.807) is 11.3 Å². The molecule has 1 amide bonds. The van der Waals surface area contributed by atoms with E-state index in [0.717, 1.165) is 37.5 Å². The minimum absolute atomic E-state index is 0.0405. The van der Waals surface area contributed by atoms with E-state index in [-0.39, 0.29) is 11.3 Å². The highest BCUT2D eigenvalue weighted by Gasteiger charge is 2.33. The van der Waals surface area contributed by atoms with Crippen molar-refractivity contribution >= 4 is 22.4 Å². The maximum Gasteiger partial charge on any atom is 0.240 e. The molecule has 0 saturated carbocycles. The molecule has 2 heterocycles. The summed E-state index contributed by atoms with van der Waals surface area (Å²) in [5.74, 6) is 0.0405. The van der Waals surface area contributed by atoms with Gasteiger partial charge in [0.25, 0.3) is 0 Å². The Balaban J connectivity index is 1.52. The summed E-state index contributed by atoms with van der Waals surface area (Å²) >= 11 is 1.63. The van der Waals surface area contributed by atoms with Crippen LogP contribution < -0.4 is 11.1 Å². The molecular formula is C14H22N4OS. The van der Waals surface area contributed by atoms with Crippen LogP contribution in [0.3, 0.4) is 0 Å². The zero-order valence-corrected chi connectivity index (χ0v) is 12.8. The fraction of sp³-hybridized carbons (Fsp3) is 0.714. The Kier molecular flexibility index (Phi) is 3.79. The van der Waals surface area contributed by atoms with Crippen molar-refractivity contribution in [2.45, 2.75) is 32.6 Å². The lowest BCUT2D eigenvalue weighted by Gasteiger charge is -2.22. The van der Waals surface area contributed by atoms with Crippen LogP contribution in [-0.2, 0) is 17.6 Å². The van der Waals surface area contributed by atoms with Gasteiger partial charge in [-0.1, -0.05) is 6.92 Å². The summed E-state index contributed by atoms with van der Waals surface area (Å²) in [5, 5.41) is 3.70. The Labute approximate surface area is 123 Å². The lowest BCUT2D eigenvalue weighted by molar-refractivity contribution is -0.117. The molecule has 1 saturated heterocycles. The van der Waals surface area contributed by atoms with Crippen molar-refractivity contribution in [1.82, 2.24) is 9.88 Å². The summed E-state index contributed by atoms with van der Waals surface area (Å²) in [5.41, 5.74) is 7.14. The summed E-state index contributed by atoms with van der Waals surface area (Å²) < 4.78 is 0. The van der Waals surface area contributed by atoms with Crippen molar-refractivity contribution in [1.29, 1.82) is 0 Å². The Morgan fingerprint density at radius 2 is 2.40 bits per heavy atom. The molecule has 20 heavy (non-hydrogen) atoms. The number of hydrogen-bond acceptors (Lipinski definition) is 5. The van der Waals surface area contributed by atoms with Gasteiger partial charge in [0.05, 0.1) is 12.2 Å². The van der Waals surface area contributed by atoms with E-state index in [1.807, 2.05) is 0 Å². The standard InChI is InChI=1S/C14H22N4OS/c1-14(8-15)5-6-18(9-14)7-12(19)17-13-16-10-3-2-4-11(10)20-13/h2-9,15H2,1H3,(H,16,17,19). The fourth-order valence-corrected chi connectivity index (χ4v) is 4.10. The zero-order valence-electron chi connectivity index (χ0n) is 11.9. The molecule has 0 bridgehead atoms. The molecule has 1 atom stereocenters. The molecule has 3 N–H and O–H groups in total. The van der Waals surface area contributed by atoms with Gasteiger partial charge in [0, 0.05) is 11.4 Å². The maximum atomic E-state index is 12.1. The van der Waals surface area contributed by atoms with Gasteiger partial charge in [-0.3, -0.25) is 9.69 Å². The number of aromatic nitrogens is 1. The molecule has 1 aromatic rings. The van der Waals surface area contributed by atoms with Crippen molar-refractivity contribution in [2.24, 2.45) is 11.1 Å². The molecule has 0 radical (unpaired) electrons. The van der Waals surface area contributed by atoms with Crippen molar-refractivity contribution in [3.05, 3.63) is 10.6 Å². The molecule has 1 aliphatic heterocycles. The molecule has 2 aliphatic rings. The van der Waals surface area contributed by atoms with Crippen molar-refractivity contribution in [3.8, 4) is 0 Å². The monoisotopic (exact) mass is 294 g/mol. The second kappa shape index (κ2) is 5.42. The van der Waals surface area contributed by atoms with Crippen LogP contribution in [0.15, 0.2) is 0 Å². The first-order valence-corrected chi connectivity index (χ1v) is 8.10. The van der Waals surface area contributed by atoms with Crippen LogP contribution in [-0.4, -0.2) is 42.0 Å². The number of fused-ring (bicyclic) bond motifs is 1. The number of anilines is 1. The minimum Gasteiger partial charge on any atom is -0.330 e. The molecule has 3 rings (SSSR count). The second-order valence-corrected chi connectivity index (χ2v) is 7.35. The molecular weight excluding hydrogens is 272 g/mol. The third-order valence-corrected chi connectivity index (χ3v) is 5.41. The largest absolute Gasteiger partial charge is 0.330 e. The number of aryl methyl sites for hydroxylation is 2. The van der Waals surface area contributed by atoms with Crippen LogP contribution in [0.4, 0.5) is 5.13 Å². The summed E-state index contributed by atoms with van der Waals surface area (Å²) in [6, 6.07) is 0. The van der Waals surface area contributed by atoms with Gasteiger partial charge < -0.3 is 11.1 Å². The number of rotatable bonds is 4. The quantitative estimate of drug-likeness (QED) is 0.876. The third-order valence-electron chi connectivity index (χ3n) is 4.34. The maximum absolute atomic E-state index is 12.1. The highest BCUT2D eigenvalue weighted by Crippen LogP contribution is 2.31. The van der Waals surface area contributed by atoms with Gasteiger partial charge in [0.15, 0.2) is 5.13 Å². The van der Waals surface area contributed by atoms with E-state index < -0.39 is 0 Å². The predicted molar refractivity (Wildman–Crippen MR) is 81.0 cm³/mol. The van der Waals surface area contributed by atoms with Gasteiger partial charge in [-0.15, -0.1) is 11.3 Å². The first-order valence-electron chi connectivity index (χ1n) is 7.29. The zero-order chi connectivity index (χ0) is 14.2. The first kappa shape index (κ1) is 14.0. The number of amides is 1. The lowest BCUT2D eigenvalue weighted by atomic mass is 9.90. The van der Waals surface area contributed by atoms with Crippen molar-refractivity contribution in [2.75, 3.05) is 31.5 Å². The molecule has 1 aliphatic carbocycles. The summed E-state index contributed by atoms with van der Waals surface area (Å²) in [4.78, 5) is 20.1. The predicted octanol–water partition coefficient (Wildman–Crippen LogP) is 1.24. The van der Waals surface area contributed by atoms with E-state index >= 15 is 0 Å². The second-order valence-electron chi connectivity index (χ2n) is 6.27. The number of hydrogen-bond donors (Lipinski definition) is 2. The molecule has 0 spiro atoms. The smallest absolute Gasteiger partial charge is 0.240 e. The Morgan fingerprint density at radius 3 is 3.10 bits per heavy atom. The van der Waals surface area contributed by atoms with Crippen LogP contribution in [0, 0.1) is 5.41 Å². The van der Waals surface area contributed by atoms with E-state index in [0.29, 0.717) is 13.1 Å². The summed E-state index contributed by atoms with van der Waals surface area (Å²) in [7, 11) is 0. The molecule has 6 heteroatoms. The Bertz CT molecular complexity index is 494. The topological polar surface area (TPSA) is 71.2 Å². The van der Waals surface area contributed by atoms with Gasteiger partial charge >= 0.3 is 0 Å². The number of carbonyl (C=O) groups excluding carboxylic acids is 1. The van der Waals surface area contributed by atoms with E-state index in [9.17, 15) is 4.79 Å². The van der Waals surface area contributed by atoms with Crippen molar-refractivity contribution in [3.63, 3.8) is 0 Å². The van der Waals surface area contributed by atoms with Crippen LogP contribution in [0.1, 0.15) is 30.3 Å². The number of nitrogens with one attached hydrogen (secondary N) is 1. The molecule has 110 valence electrons. The summed E-state index contributed by atoms with van der Waals surface area (Å²) in [6.07, 6.45) is 4.45. The number of carbonyl (C=O) groups is 1. The van der Waals surface area contributed by atoms with Gasteiger partial charge in [-0.2, -0.15) is 0 Å². The van der Waals surface area contributed by atoms with Crippen LogP contribution in [0.2, 0.25) is 0 Å². The minimum atomic E-state index is 0.0405. The number of nitrogens with zero attached hydrogens (tertiary/aromatic N) is 2.